The first-order chi connectivity index (χ1) is 15.6. The van der Waals surface area contributed by atoms with Crippen molar-refractivity contribution in [2.24, 2.45) is 0 Å². The zero-order chi connectivity index (χ0) is 22.1. The van der Waals surface area contributed by atoms with Gasteiger partial charge in [-0.3, -0.25) is 4.79 Å². The molecular weight excluding hydrogens is 426 g/mol. The van der Waals surface area contributed by atoms with Crippen LogP contribution < -0.4 is 15.0 Å². The van der Waals surface area contributed by atoms with Gasteiger partial charge in [0, 0.05) is 37.5 Å². The Hall–Kier alpha value is -2.84. The van der Waals surface area contributed by atoms with Gasteiger partial charge in [0.15, 0.2) is 5.01 Å². The number of carbonyl (C=O) groups is 1. The third-order valence-corrected chi connectivity index (χ3v) is 6.94. The molecule has 0 saturated carbocycles. The normalized spacial score (nSPS) is 16.8. The van der Waals surface area contributed by atoms with Gasteiger partial charge in [-0.25, -0.2) is 4.98 Å². The van der Waals surface area contributed by atoms with Gasteiger partial charge in [-0.15, -0.1) is 11.3 Å². The summed E-state index contributed by atoms with van der Waals surface area (Å²) < 4.78 is 17.9. The molecule has 3 aromatic rings. The molecule has 1 aliphatic heterocycles. The Labute approximate surface area is 191 Å². The smallest absolute Gasteiger partial charge is 0.280 e. The number of aromatic nitrogens is 1. The van der Waals surface area contributed by atoms with E-state index in [1.807, 2.05) is 19.1 Å². The zero-order valence-corrected chi connectivity index (χ0v) is 19.2. The minimum absolute atomic E-state index is 0.0771. The molecule has 1 fully saturated rings. The van der Waals surface area contributed by atoms with Crippen LogP contribution in [0.1, 0.15) is 40.2 Å². The standard InChI is InChI=1S/C24H27N3O4S/c1-15(13-17-14-16-5-3-4-6-19(16)31-17)25-23(28)24-26-21-20(29-2)8-7-18(22(21)32-24)27-9-11-30-12-10-27/h3,5,7-8,14-15H,4,6,9-13H2,1-2H3,(H,25,28). The van der Waals surface area contributed by atoms with Gasteiger partial charge in [-0.2, -0.15) is 0 Å². The summed E-state index contributed by atoms with van der Waals surface area (Å²) in [6.45, 7) is 5.02. The highest BCUT2D eigenvalue weighted by Crippen LogP contribution is 2.38. The van der Waals surface area contributed by atoms with Crippen molar-refractivity contribution in [2.75, 3.05) is 38.3 Å². The fourth-order valence-electron chi connectivity index (χ4n) is 4.29. The van der Waals surface area contributed by atoms with Crippen LogP contribution >= 0.6 is 11.3 Å². The van der Waals surface area contributed by atoms with E-state index in [1.54, 1.807) is 7.11 Å². The molecule has 32 heavy (non-hydrogen) atoms. The largest absolute Gasteiger partial charge is 0.494 e. The summed E-state index contributed by atoms with van der Waals surface area (Å²) in [6, 6.07) is 5.96. The number of amides is 1. The molecule has 1 saturated heterocycles. The average Bonchev–Trinajstić information content (AvgIpc) is 3.43. The van der Waals surface area contributed by atoms with E-state index in [0.717, 1.165) is 58.9 Å². The number of allylic oxidation sites excluding steroid dienone is 1. The fourth-order valence-corrected chi connectivity index (χ4v) is 5.31. The molecule has 1 aliphatic carbocycles. The van der Waals surface area contributed by atoms with Gasteiger partial charge in [0.05, 0.1) is 30.7 Å². The number of nitrogens with zero attached hydrogens (tertiary/aromatic N) is 2. The fraction of sp³-hybridized carbons (Fsp3) is 0.417. The SMILES string of the molecule is COc1ccc(N2CCOCC2)c2sc(C(=O)NC(C)Cc3cc4c(o3)CCC=C4)nc12. The number of nitrogens with one attached hydrogen (secondary N) is 1. The Morgan fingerprint density at radius 1 is 1.34 bits per heavy atom. The van der Waals surface area contributed by atoms with Crippen molar-refractivity contribution in [3.63, 3.8) is 0 Å². The molecule has 0 radical (unpaired) electrons. The van der Waals surface area contributed by atoms with Gasteiger partial charge in [0.1, 0.15) is 22.8 Å². The highest BCUT2D eigenvalue weighted by molar-refractivity contribution is 7.21. The number of ether oxygens (including phenoxy) is 2. The number of hydrogen-bond acceptors (Lipinski definition) is 7. The van der Waals surface area contributed by atoms with Crippen LogP contribution in [0.4, 0.5) is 5.69 Å². The molecule has 1 N–H and O–H groups in total. The topological polar surface area (TPSA) is 76.8 Å². The summed E-state index contributed by atoms with van der Waals surface area (Å²) in [7, 11) is 1.63. The Bertz CT molecular complexity index is 1160. The molecule has 168 valence electrons. The number of fused-ring (bicyclic) bond motifs is 2. The monoisotopic (exact) mass is 453 g/mol. The predicted octanol–water partition coefficient (Wildman–Crippen LogP) is 4.05. The quantitative estimate of drug-likeness (QED) is 0.607. The van der Waals surface area contributed by atoms with Gasteiger partial charge in [0.25, 0.3) is 5.91 Å². The number of morpholine rings is 1. The number of hydrogen-bond donors (Lipinski definition) is 1. The lowest BCUT2D eigenvalue weighted by Gasteiger charge is -2.29. The maximum atomic E-state index is 13.0. The average molecular weight is 454 g/mol. The number of benzene rings is 1. The van der Waals surface area contributed by atoms with Crippen LogP contribution in [0.2, 0.25) is 0 Å². The Morgan fingerprint density at radius 2 is 2.19 bits per heavy atom. The summed E-state index contributed by atoms with van der Waals surface area (Å²) in [5.41, 5.74) is 2.95. The van der Waals surface area contributed by atoms with Crippen molar-refractivity contribution in [2.45, 2.75) is 32.2 Å². The number of furan rings is 1. The van der Waals surface area contributed by atoms with Crippen molar-refractivity contribution >= 4 is 39.2 Å². The summed E-state index contributed by atoms with van der Waals surface area (Å²) in [4.78, 5) is 19.9. The molecule has 2 aromatic heterocycles. The first-order valence-electron chi connectivity index (χ1n) is 11.0. The number of methoxy groups -OCH3 is 1. The lowest BCUT2D eigenvalue weighted by atomic mass is 10.1. The maximum Gasteiger partial charge on any atom is 0.280 e. The summed E-state index contributed by atoms with van der Waals surface area (Å²) in [6.07, 6.45) is 6.86. The van der Waals surface area contributed by atoms with Gasteiger partial charge >= 0.3 is 0 Å². The third-order valence-electron chi connectivity index (χ3n) is 5.86. The van der Waals surface area contributed by atoms with Crippen LogP contribution in [-0.4, -0.2) is 50.3 Å². The van der Waals surface area contributed by atoms with Crippen LogP contribution in [0, 0.1) is 0 Å². The van der Waals surface area contributed by atoms with Crippen LogP contribution in [0.25, 0.3) is 16.3 Å². The van der Waals surface area contributed by atoms with E-state index in [4.69, 9.17) is 13.9 Å². The number of carbonyl (C=O) groups excluding carboxylic acids is 1. The Kier molecular flexibility index (Phi) is 5.89. The van der Waals surface area contributed by atoms with E-state index in [0.29, 0.717) is 30.4 Å². The molecule has 7 nitrogen and oxygen atoms in total. The Balaban J connectivity index is 1.34. The second kappa shape index (κ2) is 8.96. The van der Waals surface area contributed by atoms with Crippen molar-refractivity contribution in [3.8, 4) is 5.75 Å². The van der Waals surface area contributed by atoms with Crippen LogP contribution in [0.15, 0.2) is 28.7 Å². The van der Waals surface area contributed by atoms with Crippen molar-refractivity contribution in [1.82, 2.24) is 10.3 Å². The summed E-state index contributed by atoms with van der Waals surface area (Å²) in [5.74, 6) is 2.43. The van der Waals surface area contributed by atoms with Gasteiger partial charge in [-0.05, 0) is 31.5 Å². The molecule has 1 amide bonds. The molecule has 3 heterocycles. The van der Waals surface area contributed by atoms with E-state index in [9.17, 15) is 4.79 Å². The maximum absolute atomic E-state index is 13.0. The van der Waals surface area contributed by atoms with Gasteiger partial charge < -0.3 is 24.1 Å². The molecule has 1 aromatic carbocycles. The second-order valence-corrected chi connectivity index (χ2v) is 9.19. The minimum Gasteiger partial charge on any atom is -0.494 e. The van der Waals surface area contributed by atoms with Crippen molar-refractivity contribution in [3.05, 3.63) is 46.4 Å². The van der Waals surface area contributed by atoms with Gasteiger partial charge in [-0.1, -0.05) is 12.2 Å². The third kappa shape index (κ3) is 4.12. The molecule has 0 bridgehead atoms. The molecular formula is C24H27N3O4S. The van der Waals surface area contributed by atoms with E-state index < -0.39 is 0 Å². The second-order valence-electron chi connectivity index (χ2n) is 8.19. The lowest BCUT2D eigenvalue weighted by molar-refractivity contribution is 0.0939. The number of thiazole rings is 1. The number of anilines is 1. The highest BCUT2D eigenvalue weighted by Gasteiger charge is 2.23. The predicted molar refractivity (Wildman–Crippen MR) is 126 cm³/mol. The van der Waals surface area contributed by atoms with Crippen LogP contribution in [-0.2, 0) is 17.6 Å². The molecule has 2 aliphatic rings. The van der Waals surface area contributed by atoms with E-state index in [1.165, 1.54) is 11.3 Å². The van der Waals surface area contributed by atoms with Crippen molar-refractivity contribution in [1.29, 1.82) is 0 Å². The summed E-state index contributed by atoms with van der Waals surface area (Å²) in [5, 5.41) is 3.52. The van der Waals surface area contributed by atoms with E-state index in [2.05, 4.69) is 33.4 Å². The van der Waals surface area contributed by atoms with E-state index in [-0.39, 0.29) is 11.9 Å². The molecule has 8 heteroatoms. The molecule has 1 atom stereocenters. The number of aryl methyl sites for hydroxylation is 1. The lowest BCUT2D eigenvalue weighted by Crippen LogP contribution is -2.36. The summed E-state index contributed by atoms with van der Waals surface area (Å²) >= 11 is 1.41. The van der Waals surface area contributed by atoms with Crippen LogP contribution in [0.3, 0.4) is 0 Å². The Morgan fingerprint density at radius 3 is 2.97 bits per heavy atom. The number of rotatable bonds is 6. The van der Waals surface area contributed by atoms with Crippen LogP contribution in [0.5, 0.6) is 5.75 Å². The highest BCUT2D eigenvalue weighted by atomic mass is 32.1. The first kappa shape index (κ1) is 21.0. The minimum atomic E-state index is -0.176. The molecule has 5 rings (SSSR count). The molecule has 1 unspecified atom stereocenters. The zero-order valence-electron chi connectivity index (χ0n) is 18.3. The van der Waals surface area contributed by atoms with E-state index >= 15 is 0 Å². The van der Waals surface area contributed by atoms with Gasteiger partial charge in [0.2, 0.25) is 0 Å². The van der Waals surface area contributed by atoms with Crippen molar-refractivity contribution < 1.29 is 18.7 Å². The first-order valence-corrected chi connectivity index (χ1v) is 11.8. The molecule has 0 spiro atoms.